The van der Waals surface area contributed by atoms with E-state index in [4.69, 9.17) is 9.97 Å². The largest absolute Gasteiger partial charge is 0.319 e. The van der Waals surface area contributed by atoms with Crippen LogP contribution in [0.5, 0.6) is 0 Å². The van der Waals surface area contributed by atoms with Gasteiger partial charge in [0.25, 0.3) is 5.69 Å². The van der Waals surface area contributed by atoms with Gasteiger partial charge in [-0.2, -0.15) is 0 Å². The molecule has 0 N–H and O–H groups in total. The number of benzene rings is 3. The summed E-state index contributed by atoms with van der Waals surface area (Å²) in [5.74, 6) is 0. The number of non-ortho nitro benzene ring substituents is 1. The van der Waals surface area contributed by atoms with E-state index < -0.39 is 0 Å². The highest BCUT2D eigenvalue weighted by atomic mass is 79.9. The maximum atomic E-state index is 10.9. The molecule has 0 amide bonds. The van der Waals surface area contributed by atoms with Gasteiger partial charge in [0.05, 0.1) is 21.5 Å². The Hall–Kier alpha value is -3.32. The van der Waals surface area contributed by atoms with Crippen LogP contribution in [-0.4, -0.2) is 19.5 Å². The molecule has 0 fully saturated rings. The molecular weight excluding hydrogens is 420 g/mol. The summed E-state index contributed by atoms with van der Waals surface area (Å²) < 4.78 is 3.09. The van der Waals surface area contributed by atoms with Crippen molar-refractivity contribution in [3.8, 4) is 0 Å². The fraction of sp³-hybridized carbons (Fsp3) is 0.0476. The second-order valence-electron chi connectivity index (χ2n) is 6.56. The van der Waals surface area contributed by atoms with E-state index >= 15 is 0 Å². The highest BCUT2D eigenvalue weighted by Crippen LogP contribution is 2.31. The number of aromatic nitrogens is 3. The van der Waals surface area contributed by atoms with Gasteiger partial charge in [0.15, 0.2) is 5.65 Å². The Balaban J connectivity index is 1.75. The van der Waals surface area contributed by atoms with E-state index in [1.54, 1.807) is 12.1 Å². The van der Waals surface area contributed by atoms with Crippen LogP contribution in [0.1, 0.15) is 5.56 Å². The molecule has 5 aromatic rings. The summed E-state index contributed by atoms with van der Waals surface area (Å²) in [7, 11) is 0. The molecule has 0 saturated heterocycles. The summed E-state index contributed by atoms with van der Waals surface area (Å²) >= 11 is 3.54. The van der Waals surface area contributed by atoms with Crippen molar-refractivity contribution in [2.24, 2.45) is 0 Å². The number of hydrogen-bond donors (Lipinski definition) is 0. The van der Waals surface area contributed by atoms with Crippen LogP contribution in [0.2, 0.25) is 0 Å². The molecule has 0 spiro atoms. The van der Waals surface area contributed by atoms with E-state index in [1.807, 2.05) is 42.5 Å². The third kappa shape index (κ3) is 2.71. The number of nitro benzene ring substituents is 1. The van der Waals surface area contributed by atoms with Crippen molar-refractivity contribution in [1.82, 2.24) is 14.5 Å². The smallest absolute Gasteiger partial charge is 0.269 e. The van der Waals surface area contributed by atoms with Crippen LogP contribution in [0.3, 0.4) is 0 Å². The number of halogens is 1. The van der Waals surface area contributed by atoms with Gasteiger partial charge in [-0.1, -0.05) is 40.2 Å². The quantitative estimate of drug-likeness (QED) is 0.280. The van der Waals surface area contributed by atoms with Crippen LogP contribution in [-0.2, 0) is 6.54 Å². The number of fused-ring (bicyclic) bond motifs is 4. The molecule has 0 radical (unpaired) electrons. The zero-order valence-electron chi connectivity index (χ0n) is 14.5. The lowest BCUT2D eigenvalue weighted by atomic mass is 10.2. The monoisotopic (exact) mass is 432 g/mol. The highest BCUT2D eigenvalue weighted by molar-refractivity contribution is 9.10. The lowest BCUT2D eigenvalue weighted by molar-refractivity contribution is -0.384. The molecule has 0 aliphatic carbocycles. The van der Waals surface area contributed by atoms with Gasteiger partial charge >= 0.3 is 0 Å². The van der Waals surface area contributed by atoms with Crippen molar-refractivity contribution >= 4 is 54.7 Å². The fourth-order valence-electron chi connectivity index (χ4n) is 3.47. The molecule has 0 unspecified atom stereocenters. The Labute approximate surface area is 167 Å². The summed E-state index contributed by atoms with van der Waals surface area (Å²) in [6.07, 6.45) is 0. The second kappa shape index (κ2) is 6.38. The molecule has 28 heavy (non-hydrogen) atoms. The van der Waals surface area contributed by atoms with Crippen LogP contribution in [0, 0.1) is 10.1 Å². The van der Waals surface area contributed by atoms with Crippen molar-refractivity contribution in [2.45, 2.75) is 6.54 Å². The summed E-state index contributed by atoms with van der Waals surface area (Å²) in [5.41, 5.74) is 5.39. The van der Waals surface area contributed by atoms with Gasteiger partial charge in [-0.25, -0.2) is 9.97 Å². The standard InChI is InChI=1S/C21H13BrN4O2/c22-14-7-10-19-16(11-14)20-21(24-18-4-2-1-3-17(18)23-20)25(19)12-13-5-8-15(9-6-13)26(27)28/h1-11H,12H2. The van der Waals surface area contributed by atoms with E-state index in [0.29, 0.717) is 6.54 Å². The second-order valence-corrected chi connectivity index (χ2v) is 7.47. The molecule has 6 nitrogen and oxygen atoms in total. The van der Waals surface area contributed by atoms with Crippen molar-refractivity contribution < 1.29 is 4.92 Å². The maximum absolute atomic E-state index is 10.9. The lowest BCUT2D eigenvalue weighted by Crippen LogP contribution is -2.01. The minimum atomic E-state index is -0.390. The lowest BCUT2D eigenvalue weighted by Gasteiger charge is -2.07. The maximum Gasteiger partial charge on any atom is 0.269 e. The van der Waals surface area contributed by atoms with E-state index in [9.17, 15) is 10.1 Å². The number of nitro groups is 1. The van der Waals surface area contributed by atoms with Crippen molar-refractivity contribution in [3.05, 3.63) is 86.9 Å². The van der Waals surface area contributed by atoms with Gasteiger partial charge < -0.3 is 4.57 Å². The van der Waals surface area contributed by atoms with Crippen molar-refractivity contribution in [3.63, 3.8) is 0 Å². The van der Waals surface area contributed by atoms with Gasteiger partial charge in [0.1, 0.15) is 5.52 Å². The van der Waals surface area contributed by atoms with Gasteiger partial charge in [-0.05, 0) is 35.9 Å². The number of hydrogen-bond acceptors (Lipinski definition) is 4. The molecule has 136 valence electrons. The predicted octanol–water partition coefficient (Wildman–Crippen LogP) is 5.46. The normalized spacial score (nSPS) is 11.5. The van der Waals surface area contributed by atoms with Crippen LogP contribution >= 0.6 is 15.9 Å². The Kier molecular flexibility index (Phi) is 3.84. The summed E-state index contributed by atoms with van der Waals surface area (Å²) in [6.45, 7) is 0.548. The SMILES string of the molecule is O=[N+]([O-])c1ccc(Cn2c3ccc(Br)cc3c3nc4ccccc4nc32)cc1. The van der Waals surface area contributed by atoms with E-state index in [-0.39, 0.29) is 10.6 Å². The first kappa shape index (κ1) is 16.8. The molecule has 2 aromatic heterocycles. The zero-order chi connectivity index (χ0) is 19.3. The molecule has 7 heteroatoms. The highest BCUT2D eigenvalue weighted by Gasteiger charge is 2.15. The van der Waals surface area contributed by atoms with Gasteiger partial charge in [0, 0.05) is 28.5 Å². The topological polar surface area (TPSA) is 73.8 Å². The van der Waals surface area contributed by atoms with Crippen molar-refractivity contribution in [2.75, 3.05) is 0 Å². The van der Waals surface area contributed by atoms with Crippen LogP contribution in [0.15, 0.2) is 71.2 Å². The molecule has 2 heterocycles. The zero-order valence-corrected chi connectivity index (χ0v) is 16.1. The first-order valence-electron chi connectivity index (χ1n) is 8.68. The summed E-state index contributed by atoms with van der Waals surface area (Å²) in [4.78, 5) is 20.2. The Morgan fingerprint density at radius 2 is 1.68 bits per heavy atom. The van der Waals surface area contributed by atoms with E-state index in [1.165, 1.54) is 12.1 Å². The predicted molar refractivity (Wildman–Crippen MR) is 112 cm³/mol. The average molecular weight is 433 g/mol. The Morgan fingerprint density at radius 1 is 0.964 bits per heavy atom. The van der Waals surface area contributed by atoms with Gasteiger partial charge in [-0.15, -0.1) is 0 Å². The molecule has 0 aliphatic heterocycles. The number of para-hydroxylation sites is 2. The molecule has 0 bridgehead atoms. The van der Waals surface area contributed by atoms with Gasteiger partial charge in [-0.3, -0.25) is 10.1 Å². The van der Waals surface area contributed by atoms with E-state index in [0.717, 1.165) is 43.1 Å². The minimum absolute atomic E-state index is 0.0840. The molecule has 5 rings (SSSR count). The number of nitrogens with zero attached hydrogens (tertiary/aromatic N) is 4. The molecule has 0 aliphatic rings. The average Bonchev–Trinajstić information content (AvgIpc) is 2.99. The summed E-state index contributed by atoms with van der Waals surface area (Å²) in [5, 5.41) is 11.9. The Bertz CT molecular complexity index is 1380. The molecular formula is C21H13BrN4O2. The molecule has 0 saturated carbocycles. The summed E-state index contributed by atoms with van der Waals surface area (Å²) in [6, 6.07) is 20.5. The molecule has 0 atom stereocenters. The third-order valence-electron chi connectivity index (χ3n) is 4.80. The minimum Gasteiger partial charge on any atom is -0.319 e. The van der Waals surface area contributed by atoms with Crippen LogP contribution < -0.4 is 0 Å². The number of rotatable bonds is 3. The third-order valence-corrected chi connectivity index (χ3v) is 5.29. The first-order valence-corrected chi connectivity index (χ1v) is 9.47. The Morgan fingerprint density at radius 3 is 2.39 bits per heavy atom. The van der Waals surface area contributed by atoms with Gasteiger partial charge in [0.2, 0.25) is 0 Å². The fourth-order valence-corrected chi connectivity index (χ4v) is 3.83. The van der Waals surface area contributed by atoms with Crippen molar-refractivity contribution in [1.29, 1.82) is 0 Å². The van der Waals surface area contributed by atoms with Crippen LogP contribution in [0.4, 0.5) is 5.69 Å². The molecule has 3 aromatic carbocycles. The van der Waals surface area contributed by atoms with E-state index in [2.05, 4.69) is 20.5 Å². The first-order chi connectivity index (χ1) is 13.6. The van der Waals surface area contributed by atoms with Crippen LogP contribution in [0.25, 0.3) is 33.1 Å².